The second-order valence-corrected chi connectivity index (χ2v) is 6.03. The molecule has 1 fully saturated rings. The summed E-state index contributed by atoms with van der Waals surface area (Å²) in [6, 6.07) is 5.36. The normalized spacial score (nSPS) is 15.3. The van der Waals surface area contributed by atoms with E-state index in [1.165, 1.54) is 11.1 Å². The Bertz CT molecular complexity index is 654. The predicted molar refractivity (Wildman–Crippen MR) is 84.6 cm³/mol. The van der Waals surface area contributed by atoms with Crippen molar-refractivity contribution >= 4 is 17.9 Å². The Labute approximate surface area is 139 Å². The van der Waals surface area contributed by atoms with Crippen LogP contribution in [0, 0.1) is 0 Å². The Morgan fingerprint density at radius 2 is 1.88 bits per heavy atom. The number of imide groups is 1. The zero-order valence-electron chi connectivity index (χ0n) is 13.3. The highest BCUT2D eigenvalue weighted by Gasteiger charge is 2.24. The van der Waals surface area contributed by atoms with E-state index in [1.54, 1.807) is 0 Å². The van der Waals surface area contributed by atoms with Crippen molar-refractivity contribution in [2.75, 3.05) is 13.2 Å². The predicted octanol–water partition coefficient (Wildman–Crippen LogP) is 1.09. The molecule has 3 amide bonds. The van der Waals surface area contributed by atoms with E-state index in [0.717, 1.165) is 32.1 Å². The highest BCUT2D eigenvalue weighted by atomic mass is 16.6. The van der Waals surface area contributed by atoms with Gasteiger partial charge in [-0.1, -0.05) is 6.07 Å². The van der Waals surface area contributed by atoms with Crippen LogP contribution in [-0.2, 0) is 27.2 Å². The molecule has 0 unspecified atom stereocenters. The first-order valence-electron chi connectivity index (χ1n) is 8.11. The number of hydrogen-bond donors (Lipinski definition) is 2. The largest absolute Gasteiger partial charge is 0.482 e. The fraction of sp³-hybridized carbons (Fsp3) is 0.471. The maximum absolute atomic E-state index is 11.6. The molecule has 7 heteroatoms. The summed E-state index contributed by atoms with van der Waals surface area (Å²) in [5.41, 5.74) is 2.58. The Balaban J connectivity index is 1.34. The summed E-state index contributed by atoms with van der Waals surface area (Å²) >= 11 is 0. The average Bonchev–Trinajstić information content (AvgIpc) is 3.24. The van der Waals surface area contributed by atoms with Gasteiger partial charge in [0.25, 0.3) is 5.91 Å². The van der Waals surface area contributed by atoms with E-state index < -0.39 is 24.5 Å². The Hall–Kier alpha value is -2.57. The molecule has 1 aromatic rings. The van der Waals surface area contributed by atoms with E-state index in [4.69, 9.17) is 9.47 Å². The third-order valence-corrected chi connectivity index (χ3v) is 3.96. The molecule has 128 valence electrons. The molecule has 0 aromatic heterocycles. The smallest absolute Gasteiger partial charge is 0.344 e. The van der Waals surface area contributed by atoms with E-state index in [2.05, 4.69) is 10.6 Å². The monoisotopic (exact) mass is 332 g/mol. The summed E-state index contributed by atoms with van der Waals surface area (Å²) in [6.45, 7) is -0.787. The first-order chi connectivity index (χ1) is 11.6. The van der Waals surface area contributed by atoms with Crippen LogP contribution in [-0.4, -0.2) is 37.2 Å². The summed E-state index contributed by atoms with van der Waals surface area (Å²) in [5.74, 6) is -0.715. The van der Waals surface area contributed by atoms with Gasteiger partial charge in [0.05, 0.1) is 0 Å². The lowest BCUT2D eigenvalue weighted by Crippen LogP contribution is -2.42. The summed E-state index contributed by atoms with van der Waals surface area (Å²) in [4.78, 5) is 34.4. The molecule has 1 saturated carbocycles. The van der Waals surface area contributed by atoms with Crippen molar-refractivity contribution in [1.29, 1.82) is 0 Å². The van der Waals surface area contributed by atoms with Crippen molar-refractivity contribution in [2.24, 2.45) is 0 Å². The van der Waals surface area contributed by atoms with E-state index in [0.29, 0.717) is 5.75 Å². The molecule has 2 N–H and O–H groups in total. The van der Waals surface area contributed by atoms with Crippen LogP contribution in [0.1, 0.15) is 30.4 Å². The van der Waals surface area contributed by atoms with Crippen LogP contribution in [0.2, 0.25) is 0 Å². The van der Waals surface area contributed by atoms with Crippen molar-refractivity contribution in [3.05, 3.63) is 29.3 Å². The minimum Gasteiger partial charge on any atom is -0.482 e. The molecule has 0 heterocycles. The molecule has 2 aliphatic carbocycles. The zero-order chi connectivity index (χ0) is 16.9. The molecule has 0 saturated heterocycles. The Morgan fingerprint density at radius 1 is 1.08 bits per heavy atom. The van der Waals surface area contributed by atoms with E-state index in [1.807, 2.05) is 18.2 Å². The number of benzene rings is 1. The van der Waals surface area contributed by atoms with Gasteiger partial charge >= 0.3 is 12.0 Å². The first kappa shape index (κ1) is 16.3. The van der Waals surface area contributed by atoms with Crippen molar-refractivity contribution in [3.63, 3.8) is 0 Å². The first-order valence-corrected chi connectivity index (χ1v) is 8.11. The molecule has 7 nitrogen and oxygen atoms in total. The van der Waals surface area contributed by atoms with Crippen LogP contribution in [0.3, 0.4) is 0 Å². The maximum Gasteiger partial charge on any atom is 0.344 e. The van der Waals surface area contributed by atoms with E-state index in [-0.39, 0.29) is 12.6 Å². The number of fused-ring (bicyclic) bond motifs is 1. The molecular formula is C17H20N2O5. The van der Waals surface area contributed by atoms with Crippen LogP contribution in [0.5, 0.6) is 5.75 Å². The van der Waals surface area contributed by atoms with Crippen molar-refractivity contribution in [2.45, 2.75) is 38.1 Å². The number of carbonyl (C=O) groups excluding carboxylic acids is 3. The second-order valence-electron chi connectivity index (χ2n) is 6.03. The lowest BCUT2D eigenvalue weighted by Gasteiger charge is -2.09. The van der Waals surface area contributed by atoms with Crippen LogP contribution in [0.15, 0.2) is 18.2 Å². The van der Waals surface area contributed by atoms with Gasteiger partial charge in [0.1, 0.15) is 5.75 Å². The minimum absolute atomic E-state index is 0.154. The number of ether oxygens (including phenoxy) is 2. The molecular weight excluding hydrogens is 312 g/mol. The van der Waals surface area contributed by atoms with Gasteiger partial charge in [0, 0.05) is 6.04 Å². The topological polar surface area (TPSA) is 93.7 Å². The fourth-order valence-corrected chi connectivity index (χ4v) is 2.58. The van der Waals surface area contributed by atoms with Crippen LogP contribution >= 0.6 is 0 Å². The van der Waals surface area contributed by atoms with Crippen molar-refractivity contribution < 1.29 is 23.9 Å². The highest BCUT2D eigenvalue weighted by molar-refractivity contribution is 5.95. The number of urea groups is 1. The third-order valence-electron chi connectivity index (χ3n) is 3.96. The highest BCUT2D eigenvalue weighted by Crippen LogP contribution is 2.25. The van der Waals surface area contributed by atoms with Crippen LogP contribution in [0.4, 0.5) is 4.79 Å². The third kappa shape index (κ3) is 4.71. The SMILES string of the molecule is O=C(COC(=O)COc1ccc2c(c1)CCC2)NC(=O)NC1CC1. The Kier molecular flexibility index (Phi) is 4.98. The van der Waals surface area contributed by atoms with Gasteiger partial charge in [-0.05, 0) is 55.4 Å². The van der Waals surface area contributed by atoms with Gasteiger partial charge in [0.2, 0.25) is 0 Å². The number of carbonyl (C=O) groups is 3. The lowest BCUT2D eigenvalue weighted by atomic mass is 10.1. The quantitative estimate of drug-likeness (QED) is 0.761. The number of rotatable bonds is 6. The molecule has 0 atom stereocenters. The molecule has 0 bridgehead atoms. The number of aryl methyl sites for hydroxylation is 2. The average molecular weight is 332 g/mol. The maximum atomic E-state index is 11.6. The van der Waals surface area contributed by atoms with Gasteiger partial charge in [0.15, 0.2) is 13.2 Å². The summed E-state index contributed by atoms with van der Waals surface area (Å²) < 4.78 is 10.2. The van der Waals surface area contributed by atoms with Gasteiger partial charge in [-0.3, -0.25) is 10.1 Å². The van der Waals surface area contributed by atoms with Gasteiger partial charge in [-0.15, -0.1) is 0 Å². The van der Waals surface area contributed by atoms with Crippen molar-refractivity contribution in [1.82, 2.24) is 10.6 Å². The molecule has 3 rings (SSSR count). The van der Waals surface area contributed by atoms with Crippen LogP contribution in [0.25, 0.3) is 0 Å². The standard InChI is InChI=1S/C17H20N2O5/c20-15(19-17(22)18-13-5-6-13)9-24-16(21)10-23-14-7-4-11-2-1-3-12(11)8-14/h4,7-8,13H,1-3,5-6,9-10H2,(H2,18,19,20,22). The molecule has 0 aliphatic heterocycles. The zero-order valence-corrected chi connectivity index (χ0v) is 13.3. The minimum atomic E-state index is -0.668. The molecule has 1 aromatic carbocycles. The van der Waals surface area contributed by atoms with E-state index >= 15 is 0 Å². The molecule has 0 radical (unpaired) electrons. The van der Waals surface area contributed by atoms with Gasteiger partial charge in [-0.25, -0.2) is 9.59 Å². The fourth-order valence-electron chi connectivity index (χ4n) is 2.58. The molecule has 0 spiro atoms. The summed E-state index contributed by atoms with van der Waals surface area (Å²) in [5, 5.41) is 4.71. The van der Waals surface area contributed by atoms with Crippen molar-refractivity contribution in [3.8, 4) is 5.75 Å². The molecule has 2 aliphatic rings. The van der Waals surface area contributed by atoms with Crippen LogP contribution < -0.4 is 15.4 Å². The number of nitrogens with one attached hydrogen (secondary N) is 2. The Morgan fingerprint density at radius 3 is 2.67 bits per heavy atom. The van der Waals surface area contributed by atoms with Gasteiger partial charge < -0.3 is 14.8 Å². The summed E-state index contributed by atoms with van der Waals surface area (Å²) in [7, 11) is 0. The van der Waals surface area contributed by atoms with E-state index in [9.17, 15) is 14.4 Å². The number of esters is 1. The van der Waals surface area contributed by atoms with Gasteiger partial charge in [-0.2, -0.15) is 0 Å². The number of hydrogen-bond acceptors (Lipinski definition) is 5. The number of amides is 3. The second kappa shape index (κ2) is 7.33. The summed E-state index contributed by atoms with van der Waals surface area (Å²) in [6.07, 6.45) is 5.11. The lowest BCUT2D eigenvalue weighted by molar-refractivity contribution is -0.150. The molecule has 24 heavy (non-hydrogen) atoms.